The number of benzene rings is 2. The number of aromatic nitrogens is 2. The predicted molar refractivity (Wildman–Crippen MR) is 135 cm³/mol. The van der Waals surface area contributed by atoms with E-state index in [1.807, 2.05) is 41.1 Å². The van der Waals surface area contributed by atoms with Gasteiger partial charge in [-0.25, -0.2) is 9.78 Å². The highest BCUT2D eigenvalue weighted by atomic mass is 35.5. The van der Waals surface area contributed by atoms with Crippen LogP contribution in [0.5, 0.6) is 5.75 Å². The van der Waals surface area contributed by atoms with Crippen LogP contribution in [0.4, 0.5) is 10.5 Å². The van der Waals surface area contributed by atoms with Gasteiger partial charge >= 0.3 is 6.09 Å². The van der Waals surface area contributed by atoms with Crippen LogP contribution in [0.25, 0.3) is 0 Å². The van der Waals surface area contributed by atoms with Gasteiger partial charge < -0.3 is 33.7 Å². The Bertz CT molecular complexity index is 1200. The van der Waals surface area contributed by atoms with E-state index in [1.54, 1.807) is 24.7 Å². The SMILES string of the molecule is O=C(O)N1CCN(c2ccccc2OCC2COC(Cn3ccnc3)(c3ccc(Cl)cc3Cl)O2)CC1. The smallest absolute Gasteiger partial charge is 0.407 e. The summed E-state index contributed by atoms with van der Waals surface area (Å²) in [5.74, 6) is -0.412. The largest absolute Gasteiger partial charge is 0.489 e. The second kappa shape index (κ2) is 10.6. The molecule has 11 heteroatoms. The first-order valence-corrected chi connectivity index (χ1v) is 12.4. The molecule has 190 valence electrons. The third-order valence-corrected chi connectivity index (χ3v) is 6.88. The minimum absolute atomic E-state index is 0.267. The van der Waals surface area contributed by atoms with Crippen molar-refractivity contribution in [3.8, 4) is 5.75 Å². The number of hydrogen-bond acceptors (Lipinski definition) is 6. The lowest BCUT2D eigenvalue weighted by Gasteiger charge is -2.35. The van der Waals surface area contributed by atoms with E-state index in [-0.39, 0.29) is 12.7 Å². The number of para-hydroxylation sites is 2. The van der Waals surface area contributed by atoms with Crippen LogP contribution in [0.15, 0.2) is 61.2 Å². The fourth-order valence-corrected chi connectivity index (χ4v) is 5.09. The van der Waals surface area contributed by atoms with Crippen molar-refractivity contribution in [3.63, 3.8) is 0 Å². The number of nitrogens with zero attached hydrogens (tertiary/aromatic N) is 4. The van der Waals surface area contributed by atoms with Crippen molar-refractivity contribution < 1.29 is 24.1 Å². The summed E-state index contributed by atoms with van der Waals surface area (Å²) in [4.78, 5) is 18.9. The summed E-state index contributed by atoms with van der Waals surface area (Å²) in [6.07, 6.45) is 3.99. The molecule has 9 nitrogen and oxygen atoms in total. The minimum atomic E-state index is -1.12. The Labute approximate surface area is 218 Å². The van der Waals surface area contributed by atoms with Crippen LogP contribution in [0.3, 0.4) is 0 Å². The summed E-state index contributed by atoms with van der Waals surface area (Å²) < 4.78 is 20.8. The first-order chi connectivity index (χ1) is 17.4. The molecule has 2 aliphatic rings. The van der Waals surface area contributed by atoms with E-state index in [4.69, 9.17) is 37.4 Å². The zero-order valence-corrected chi connectivity index (χ0v) is 20.9. The van der Waals surface area contributed by atoms with Crippen LogP contribution in [0, 0.1) is 0 Å². The van der Waals surface area contributed by atoms with Crippen LogP contribution in [-0.4, -0.2) is 71.1 Å². The van der Waals surface area contributed by atoms with Gasteiger partial charge in [-0.3, -0.25) is 0 Å². The molecular formula is C25H26Cl2N4O5. The van der Waals surface area contributed by atoms with Gasteiger partial charge in [-0.05, 0) is 24.3 Å². The number of ether oxygens (including phenoxy) is 3. The van der Waals surface area contributed by atoms with E-state index in [2.05, 4.69) is 9.88 Å². The Morgan fingerprint density at radius 2 is 1.97 bits per heavy atom. The summed E-state index contributed by atoms with van der Waals surface area (Å²) in [7, 11) is 0. The molecule has 3 heterocycles. The summed E-state index contributed by atoms with van der Waals surface area (Å²) in [6.45, 7) is 3.02. The number of carboxylic acid groups (broad SMARTS) is 1. The predicted octanol–water partition coefficient (Wildman–Crippen LogP) is 4.34. The van der Waals surface area contributed by atoms with Crippen molar-refractivity contribution in [1.29, 1.82) is 0 Å². The first-order valence-electron chi connectivity index (χ1n) is 11.6. The standard InChI is InChI=1S/C25H26Cl2N4O5/c26-18-5-6-20(21(27)13-18)25(16-29-8-7-28-17-29)35-15-19(36-25)14-34-23-4-2-1-3-22(23)30-9-11-31(12-10-30)24(32)33/h1-8,13,17,19H,9-12,14-16H2,(H,32,33). The molecule has 1 aromatic heterocycles. The molecule has 5 rings (SSSR count). The number of halogens is 2. The van der Waals surface area contributed by atoms with E-state index < -0.39 is 11.9 Å². The Morgan fingerprint density at radius 1 is 1.17 bits per heavy atom. The number of carbonyl (C=O) groups is 1. The second-order valence-electron chi connectivity index (χ2n) is 8.70. The highest BCUT2D eigenvalue weighted by Crippen LogP contribution is 2.41. The molecule has 2 aliphatic heterocycles. The zero-order chi connectivity index (χ0) is 25.1. The van der Waals surface area contributed by atoms with Crippen molar-refractivity contribution in [2.24, 2.45) is 0 Å². The van der Waals surface area contributed by atoms with E-state index >= 15 is 0 Å². The molecule has 1 amide bonds. The van der Waals surface area contributed by atoms with Gasteiger partial charge in [0.25, 0.3) is 0 Å². The average Bonchev–Trinajstić information content (AvgIpc) is 3.53. The number of amides is 1. The highest BCUT2D eigenvalue weighted by molar-refractivity contribution is 6.35. The normalized spacial score (nSPS) is 22.1. The van der Waals surface area contributed by atoms with Gasteiger partial charge in [0, 0.05) is 49.2 Å². The number of hydrogen-bond donors (Lipinski definition) is 1. The van der Waals surface area contributed by atoms with Crippen LogP contribution in [-0.2, 0) is 21.8 Å². The lowest BCUT2D eigenvalue weighted by molar-refractivity contribution is -0.189. The molecule has 0 spiro atoms. The first kappa shape index (κ1) is 24.7. The van der Waals surface area contributed by atoms with Gasteiger partial charge in [0.15, 0.2) is 0 Å². The summed E-state index contributed by atoms with van der Waals surface area (Å²) in [6, 6.07) is 13.0. The van der Waals surface area contributed by atoms with Gasteiger partial charge in [0.2, 0.25) is 5.79 Å². The third-order valence-electron chi connectivity index (χ3n) is 6.33. The Balaban J connectivity index is 1.30. The number of imidazole rings is 1. The lowest BCUT2D eigenvalue weighted by Crippen LogP contribution is -2.48. The van der Waals surface area contributed by atoms with Crippen LogP contribution >= 0.6 is 23.2 Å². The quantitative estimate of drug-likeness (QED) is 0.484. The molecule has 0 aliphatic carbocycles. The van der Waals surface area contributed by atoms with Gasteiger partial charge in [0.05, 0.1) is 30.2 Å². The second-order valence-corrected chi connectivity index (χ2v) is 9.54. The molecule has 36 heavy (non-hydrogen) atoms. The van der Waals surface area contributed by atoms with Crippen molar-refractivity contribution in [2.75, 3.05) is 44.3 Å². The van der Waals surface area contributed by atoms with Crippen molar-refractivity contribution in [2.45, 2.75) is 18.4 Å². The van der Waals surface area contributed by atoms with Crippen LogP contribution in [0.1, 0.15) is 5.56 Å². The molecule has 2 aromatic carbocycles. The summed E-state index contributed by atoms with van der Waals surface area (Å²) in [5, 5.41) is 10.2. The molecule has 2 fully saturated rings. The van der Waals surface area contributed by atoms with Gasteiger partial charge in [-0.2, -0.15) is 0 Å². The van der Waals surface area contributed by atoms with E-state index in [0.29, 0.717) is 60.7 Å². The van der Waals surface area contributed by atoms with Crippen molar-refractivity contribution in [1.82, 2.24) is 14.5 Å². The topological polar surface area (TPSA) is 89.3 Å². The maximum Gasteiger partial charge on any atom is 0.407 e. The van der Waals surface area contributed by atoms with Crippen LogP contribution in [0.2, 0.25) is 10.0 Å². The monoisotopic (exact) mass is 532 g/mol. The van der Waals surface area contributed by atoms with Crippen LogP contribution < -0.4 is 9.64 Å². The molecule has 1 N–H and O–H groups in total. The third kappa shape index (κ3) is 5.24. The Kier molecular flexibility index (Phi) is 7.25. The lowest BCUT2D eigenvalue weighted by atomic mass is 10.1. The maximum absolute atomic E-state index is 11.2. The molecule has 3 aromatic rings. The van der Waals surface area contributed by atoms with Crippen molar-refractivity contribution in [3.05, 3.63) is 76.8 Å². The number of rotatable bonds is 7. The van der Waals surface area contributed by atoms with Gasteiger partial charge in [0.1, 0.15) is 18.5 Å². The zero-order valence-electron chi connectivity index (χ0n) is 19.4. The van der Waals surface area contributed by atoms with E-state index in [9.17, 15) is 9.90 Å². The summed E-state index contributed by atoms with van der Waals surface area (Å²) >= 11 is 12.7. The minimum Gasteiger partial charge on any atom is -0.489 e. The molecule has 0 saturated carbocycles. The van der Waals surface area contributed by atoms with Crippen molar-refractivity contribution >= 4 is 35.0 Å². The molecule has 2 atom stereocenters. The highest BCUT2D eigenvalue weighted by Gasteiger charge is 2.45. The number of piperazine rings is 1. The van der Waals surface area contributed by atoms with Gasteiger partial charge in [-0.1, -0.05) is 41.4 Å². The fourth-order valence-electron chi connectivity index (χ4n) is 4.54. The molecule has 0 bridgehead atoms. The number of anilines is 1. The van der Waals surface area contributed by atoms with Gasteiger partial charge in [-0.15, -0.1) is 0 Å². The summed E-state index contributed by atoms with van der Waals surface area (Å²) in [5.41, 5.74) is 1.60. The Morgan fingerprint density at radius 3 is 2.69 bits per heavy atom. The fraction of sp³-hybridized carbons (Fsp3) is 0.360. The Hall–Kier alpha value is -2.98. The molecule has 0 radical (unpaired) electrons. The molecule has 2 saturated heterocycles. The maximum atomic E-state index is 11.2. The van der Waals surface area contributed by atoms with E-state index in [0.717, 1.165) is 5.69 Å². The average molecular weight is 533 g/mol. The molecular weight excluding hydrogens is 507 g/mol. The molecule has 2 unspecified atom stereocenters. The van der Waals surface area contributed by atoms with E-state index in [1.165, 1.54) is 4.90 Å².